The molecule has 1 fully saturated rings. The third kappa shape index (κ3) is 2.44. The van der Waals surface area contributed by atoms with E-state index in [0.29, 0.717) is 31.0 Å². The molecule has 3 heteroatoms. The molecule has 0 aromatic rings. The molecule has 1 heterocycles. The fraction of sp³-hybridized carbons (Fsp3) is 1.00. The van der Waals surface area contributed by atoms with Gasteiger partial charge >= 0.3 is 0 Å². The highest BCUT2D eigenvalue weighted by Gasteiger charge is 2.38. The minimum absolute atomic E-state index is 0.342. The summed E-state index contributed by atoms with van der Waals surface area (Å²) in [6.07, 6.45) is -1.49. The van der Waals surface area contributed by atoms with Crippen molar-refractivity contribution in [2.75, 3.05) is 6.54 Å². The fourth-order valence-corrected chi connectivity index (χ4v) is 2.36. The van der Waals surface area contributed by atoms with Crippen molar-refractivity contribution >= 4 is 0 Å². The van der Waals surface area contributed by atoms with E-state index in [4.69, 9.17) is 0 Å². The molecule has 1 rings (SSSR count). The van der Waals surface area contributed by atoms with Crippen LogP contribution in [0.1, 0.15) is 34.1 Å². The highest BCUT2D eigenvalue weighted by atomic mass is 19.3. The van der Waals surface area contributed by atoms with Gasteiger partial charge in [-0.1, -0.05) is 13.8 Å². The molecule has 0 aliphatic carbocycles. The summed E-state index contributed by atoms with van der Waals surface area (Å²) in [6, 6.07) is 0.722. The molecule has 1 aliphatic rings. The number of alkyl halides is 2. The summed E-state index contributed by atoms with van der Waals surface area (Å²) in [4.78, 5) is 2.22. The molecule has 0 spiro atoms. The summed E-state index contributed by atoms with van der Waals surface area (Å²) < 4.78 is 25.2. The van der Waals surface area contributed by atoms with Crippen molar-refractivity contribution in [1.82, 2.24) is 4.90 Å². The number of halogens is 2. The second kappa shape index (κ2) is 4.56. The average Bonchev–Trinajstić information content (AvgIpc) is 2.47. The zero-order chi connectivity index (χ0) is 10.9. The molecule has 0 aromatic heterocycles. The fourth-order valence-electron chi connectivity index (χ4n) is 2.36. The maximum absolute atomic E-state index is 12.6. The van der Waals surface area contributed by atoms with Crippen LogP contribution >= 0.6 is 0 Å². The molecule has 2 unspecified atom stereocenters. The number of likely N-dealkylation sites (tertiary alicyclic amines) is 1. The molecule has 0 radical (unpaired) electrons. The van der Waals surface area contributed by atoms with Gasteiger partial charge < -0.3 is 0 Å². The molecule has 1 saturated heterocycles. The van der Waals surface area contributed by atoms with Gasteiger partial charge in [0.1, 0.15) is 0 Å². The van der Waals surface area contributed by atoms with Gasteiger partial charge in [0.2, 0.25) is 6.43 Å². The minimum Gasteiger partial charge on any atom is -0.297 e. The van der Waals surface area contributed by atoms with Gasteiger partial charge in [-0.25, -0.2) is 8.78 Å². The van der Waals surface area contributed by atoms with Crippen LogP contribution in [0.2, 0.25) is 0 Å². The molecule has 84 valence electrons. The summed E-state index contributed by atoms with van der Waals surface area (Å²) >= 11 is 0. The predicted octanol–water partition coefficient (Wildman–Crippen LogP) is 3.01. The van der Waals surface area contributed by atoms with Crippen molar-refractivity contribution in [3.63, 3.8) is 0 Å². The van der Waals surface area contributed by atoms with Crippen LogP contribution in [0.4, 0.5) is 8.78 Å². The number of rotatable bonds is 3. The first-order chi connectivity index (χ1) is 6.43. The smallest absolute Gasteiger partial charge is 0.242 e. The quantitative estimate of drug-likeness (QED) is 0.684. The Morgan fingerprint density at radius 1 is 1.14 bits per heavy atom. The highest BCUT2D eigenvalue weighted by molar-refractivity contribution is 4.89. The third-order valence-electron chi connectivity index (χ3n) is 3.20. The minimum atomic E-state index is -2.15. The highest BCUT2D eigenvalue weighted by Crippen LogP contribution is 2.33. The van der Waals surface area contributed by atoms with Gasteiger partial charge in [0.25, 0.3) is 0 Å². The van der Waals surface area contributed by atoms with Crippen LogP contribution in [-0.2, 0) is 0 Å². The van der Waals surface area contributed by atoms with Gasteiger partial charge in [-0.15, -0.1) is 0 Å². The maximum Gasteiger partial charge on any atom is 0.242 e. The first-order valence-electron chi connectivity index (χ1n) is 5.47. The molecular formula is C11H21F2N. The lowest BCUT2D eigenvalue weighted by molar-refractivity contribution is 0.0784. The van der Waals surface area contributed by atoms with E-state index >= 15 is 0 Å². The first kappa shape index (κ1) is 11.9. The maximum atomic E-state index is 12.6. The van der Waals surface area contributed by atoms with Crippen molar-refractivity contribution in [2.24, 2.45) is 11.8 Å². The van der Waals surface area contributed by atoms with Gasteiger partial charge in [-0.05, 0) is 26.2 Å². The van der Waals surface area contributed by atoms with Gasteiger partial charge in [0.15, 0.2) is 0 Å². The first-order valence-corrected chi connectivity index (χ1v) is 5.47. The van der Waals surface area contributed by atoms with Crippen LogP contribution in [0, 0.1) is 11.8 Å². The molecule has 14 heavy (non-hydrogen) atoms. The van der Waals surface area contributed by atoms with Crippen LogP contribution in [0.5, 0.6) is 0 Å². The van der Waals surface area contributed by atoms with Crippen LogP contribution in [0.25, 0.3) is 0 Å². The van der Waals surface area contributed by atoms with Crippen LogP contribution in [0.15, 0.2) is 0 Å². The van der Waals surface area contributed by atoms with Gasteiger partial charge in [0, 0.05) is 24.5 Å². The van der Waals surface area contributed by atoms with E-state index in [2.05, 4.69) is 32.6 Å². The van der Waals surface area contributed by atoms with Crippen LogP contribution in [-0.4, -0.2) is 30.0 Å². The molecule has 0 saturated carbocycles. The lowest BCUT2D eigenvalue weighted by Gasteiger charge is -2.30. The molecule has 0 aromatic carbocycles. The van der Waals surface area contributed by atoms with E-state index in [1.165, 1.54) is 0 Å². The molecule has 1 nitrogen and oxygen atoms in total. The Morgan fingerprint density at radius 3 is 2.00 bits per heavy atom. The normalized spacial score (nSPS) is 29.8. The Kier molecular flexibility index (Phi) is 3.87. The second-order valence-electron chi connectivity index (χ2n) is 4.93. The van der Waals surface area contributed by atoms with Crippen LogP contribution < -0.4 is 0 Å². The zero-order valence-corrected chi connectivity index (χ0v) is 9.50. The Labute approximate surface area is 85.5 Å². The lowest BCUT2D eigenvalue weighted by Crippen LogP contribution is -2.38. The Hall–Kier alpha value is -0.180. The number of hydrogen-bond donors (Lipinski definition) is 0. The van der Waals surface area contributed by atoms with E-state index < -0.39 is 12.3 Å². The van der Waals surface area contributed by atoms with Gasteiger partial charge in [0.05, 0.1) is 0 Å². The Bertz CT molecular complexity index is 164. The zero-order valence-electron chi connectivity index (χ0n) is 9.50. The van der Waals surface area contributed by atoms with Gasteiger partial charge in [-0.2, -0.15) is 0 Å². The van der Waals surface area contributed by atoms with E-state index in [1.807, 2.05) is 0 Å². The van der Waals surface area contributed by atoms with Crippen molar-refractivity contribution in [3.8, 4) is 0 Å². The standard InChI is InChI=1S/C11H21F2N/c1-7(2)10-5-9(11(12)13)6-14(10)8(3)4/h7-11H,5-6H2,1-4H3. The molecule has 0 amide bonds. The second-order valence-corrected chi connectivity index (χ2v) is 4.93. The molecule has 2 atom stereocenters. The van der Waals surface area contributed by atoms with Crippen molar-refractivity contribution < 1.29 is 8.78 Å². The van der Waals surface area contributed by atoms with Crippen molar-refractivity contribution in [3.05, 3.63) is 0 Å². The summed E-state index contributed by atoms with van der Waals surface area (Å²) in [7, 11) is 0. The average molecular weight is 205 g/mol. The van der Waals surface area contributed by atoms with Crippen LogP contribution in [0.3, 0.4) is 0 Å². The topological polar surface area (TPSA) is 3.24 Å². The van der Waals surface area contributed by atoms with E-state index in [0.717, 1.165) is 0 Å². The molecular weight excluding hydrogens is 184 g/mol. The van der Waals surface area contributed by atoms with E-state index in [-0.39, 0.29) is 0 Å². The number of nitrogens with zero attached hydrogens (tertiary/aromatic N) is 1. The number of hydrogen-bond acceptors (Lipinski definition) is 1. The third-order valence-corrected chi connectivity index (χ3v) is 3.20. The van der Waals surface area contributed by atoms with E-state index in [9.17, 15) is 8.78 Å². The van der Waals surface area contributed by atoms with Crippen molar-refractivity contribution in [2.45, 2.75) is 52.6 Å². The molecule has 0 bridgehead atoms. The lowest BCUT2D eigenvalue weighted by atomic mass is 9.97. The summed E-state index contributed by atoms with van der Waals surface area (Å²) in [5.41, 5.74) is 0. The molecule has 0 N–H and O–H groups in total. The monoisotopic (exact) mass is 205 g/mol. The Morgan fingerprint density at radius 2 is 1.71 bits per heavy atom. The largest absolute Gasteiger partial charge is 0.297 e. The summed E-state index contributed by atoms with van der Waals surface area (Å²) in [5, 5.41) is 0. The summed E-state index contributed by atoms with van der Waals surface area (Å²) in [5.74, 6) is 0.0611. The summed E-state index contributed by atoms with van der Waals surface area (Å²) in [6.45, 7) is 8.98. The Balaban J connectivity index is 2.65. The van der Waals surface area contributed by atoms with E-state index in [1.54, 1.807) is 0 Å². The SMILES string of the molecule is CC(C)C1CC(C(F)F)CN1C(C)C. The van der Waals surface area contributed by atoms with Crippen molar-refractivity contribution in [1.29, 1.82) is 0 Å². The van der Waals surface area contributed by atoms with Gasteiger partial charge in [-0.3, -0.25) is 4.90 Å². The predicted molar refractivity (Wildman–Crippen MR) is 54.6 cm³/mol. The molecule has 1 aliphatic heterocycles.